The molecule has 0 radical (unpaired) electrons. The molecule has 6 N–H and O–H groups in total. The van der Waals surface area contributed by atoms with Crippen LogP contribution < -0.4 is 26.4 Å². The van der Waals surface area contributed by atoms with Crippen LogP contribution in [-0.4, -0.2) is 83.6 Å². The molecule has 0 aliphatic carbocycles. The van der Waals surface area contributed by atoms with E-state index in [1.54, 1.807) is 66.2 Å². The highest BCUT2D eigenvalue weighted by Crippen LogP contribution is 2.35. The zero-order valence-corrected chi connectivity index (χ0v) is 27.0. The molecule has 246 valence electrons. The molecule has 2 aromatic rings. The lowest BCUT2D eigenvalue weighted by molar-refractivity contribution is -0.116. The van der Waals surface area contributed by atoms with E-state index < -0.39 is 12.1 Å². The smallest absolute Gasteiger partial charge is 0.317 e. The number of aliphatic hydroxyl groups is 1. The van der Waals surface area contributed by atoms with E-state index in [1.807, 2.05) is 20.8 Å². The minimum Gasteiger partial charge on any atom is -0.485 e. The summed E-state index contributed by atoms with van der Waals surface area (Å²) in [5, 5.41) is 18.5. The summed E-state index contributed by atoms with van der Waals surface area (Å²) in [6.45, 7) is 7.81. The number of para-hydroxylation sites is 3. The Bertz CT molecular complexity index is 1330. The van der Waals surface area contributed by atoms with E-state index in [2.05, 4.69) is 16.0 Å². The van der Waals surface area contributed by atoms with Crippen molar-refractivity contribution < 1.29 is 29.0 Å². The van der Waals surface area contributed by atoms with Gasteiger partial charge in [-0.15, -0.1) is 0 Å². The summed E-state index contributed by atoms with van der Waals surface area (Å²) < 4.78 is 6.47. The van der Waals surface area contributed by atoms with Crippen molar-refractivity contribution in [1.82, 2.24) is 15.1 Å². The number of nitrogens with one attached hydrogen (secondary N) is 3. The largest absolute Gasteiger partial charge is 0.485 e. The first-order chi connectivity index (χ1) is 21.4. The molecule has 0 fully saturated rings. The molecular weight excluding hydrogens is 576 g/mol. The fourth-order valence-electron chi connectivity index (χ4n) is 5.05. The topological polar surface area (TPSA) is 166 Å². The lowest BCUT2D eigenvalue weighted by Gasteiger charge is -2.38. The van der Waals surface area contributed by atoms with Crippen molar-refractivity contribution in [3.05, 3.63) is 48.0 Å². The highest BCUT2D eigenvalue weighted by molar-refractivity contribution is 6.01. The van der Waals surface area contributed by atoms with Crippen molar-refractivity contribution in [2.75, 3.05) is 43.1 Å². The Morgan fingerprint density at radius 1 is 1.00 bits per heavy atom. The first-order valence-electron chi connectivity index (χ1n) is 15.6. The number of unbranched alkanes of at least 4 members (excludes halogenated alkanes) is 2. The molecule has 0 unspecified atom stereocenters. The number of nitrogens with zero attached hydrogens (tertiary/aromatic N) is 2. The second-order valence-corrected chi connectivity index (χ2v) is 12.0. The van der Waals surface area contributed by atoms with Gasteiger partial charge in [0.05, 0.1) is 41.8 Å². The zero-order valence-electron chi connectivity index (χ0n) is 27.0. The molecule has 0 aromatic heterocycles. The van der Waals surface area contributed by atoms with Crippen molar-refractivity contribution in [1.29, 1.82) is 0 Å². The third kappa shape index (κ3) is 10.1. The summed E-state index contributed by atoms with van der Waals surface area (Å²) in [6.07, 6.45) is 1.87. The number of carbonyl (C=O) groups is 4. The lowest BCUT2D eigenvalue weighted by Crippen LogP contribution is -2.51. The average Bonchev–Trinajstić information content (AvgIpc) is 2.99. The molecule has 2 aromatic carbocycles. The van der Waals surface area contributed by atoms with Crippen molar-refractivity contribution in [3.8, 4) is 5.75 Å². The van der Waals surface area contributed by atoms with Crippen LogP contribution in [0, 0.1) is 5.92 Å². The van der Waals surface area contributed by atoms with E-state index in [0.717, 1.165) is 0 Å². The summed E-state index contributed by atoms with van der Waals surface area (Å²) in [5.41, 5.74) is 7.59. The van der Waals surface area contributed by atoms with Gasteiger partial charge >= 0.3 is 6.03 Å². The average molecular weight is 625 g/mol. The highest BCUT2D eigenvalue weighted by atomic mass is 16.5. The second-order valence-electron chi connectivity index (χ2n) is 12.0. The van der Waals surface area contributed by atoms with Gasteiger partial charge in [0, 0.05) is 38.4 Å². The first-order valence-corrected chi connectivity index (χ1v) is 15.6. The highest BCUT2D eigenvalue weighted by Gasteiger charge is 2.35. The van der Waals surface area contributed by atoms with Crippen LogP contribution in [0.5, 0.6) is 5.75 Å². The van der Waals surface area contributed by atoms with Gasteiger partial charge in [0.15, 0.2) is 5.75 Å². The summed E-state index contributed by atoms with van der Waals surface area (Å²) >= 11 is 0. The Balaban J connectivity index is 1.68. The number of benzene rings is 2. The molecule has 12 nitrogen and oxygen atoms in total. The van der Waals surface area contributed by atoms with Crippen LogP contribution in [0.25, 0.3) is 0 Å². The number of hydrogen-bond donors (Lipinski definition) is 5. The number of likely N-dealkylation sites (N-methyl/N-ethyl adjacent to an activating group) is 1. The summed E-state index contributed by atoms with van der Waals surface area (Å²) in [5.74, 6) is -0.666. The number of hydrogen-bond acceptors (Lipinski definition) is 7. The van der Waals surface area contributed by atoms with Crippen LogP contribution in [0.2, 0.25) is 0 Å². The van der Waals surface area contributed by atoms with Gasteiger partial charge in [0.2, 0.25) is 11.8 Å². The van der Waals surface area contributed by atoms with Crippen molar-refractivity contribution in [2.24, 2.45) is 5.92 Å². The number of nitrogen functional groups attached to an aromatic ring is 1. The molecule has 0 spiro atoms. The van der Waals surface area contributed by atoms with Crippen molar-refractivity contribution >= 4 is 40.8 Å². The van der Waals surface area contributed by atoms with E-state index in [0.29, 0.717) is 49.3 Å². The number of carbonyl (C=O) groups excluding carboxylic acids is 4. The molecule has 1 aliphatic rings. The van der Waals surface area contributed by atoms with Gasteiger partial charge in [-0.05, 0) is 57.9 Å². The number of aliphatic hydroxyl groups excluding tert-OH is 1. The number of rotatable bonds is 13. The Kier molecular flexibility index (Phi) is 13.0. The van der Waals surface area contributed by atoms with Crippen LogP contribution in [0.3, 0.4) is 0 Å². The van der Waals surface area contributed by atoms with E-state index >= 15 is 0 Å². The fraction of sp³-hybridized carbons (Fsp3) is 0.515. The third-order valence-electron chi connectivity index (χ3n) is 7.72. The van der Waals surface area contributed by atoms with E-state index in [9.17, 15) is 24.3 Å². The molecule has 0 saturated carbocycles. The SMILES string of the molecule is CC(C)NC(=O)N(C)C[C@@H]1Oc2c(NC(=O)CCCCCC(=O)Nc3ccccc3N)cccc2C(=O)N([C@@H](C)CO)C[C@@H]1C. The van der Waals surface area contributed by atoms with Crippen LogP contribution in [0.4, 0.5) is 21.9 Å². The monoisotopic (exact) mass is 624 g/mol. The van der Waals surface area contributed by atoms with E-state index in [-0.39, 0.29) is 66.6 Å². The summed E-state index contributed by atoms with van der Waals surface area (Å²) in [6, 6.07) is 11.3. The van der Waals surface area contributed by atoms with Gasteiger partial charge in [-0.25, -0.2) is 4.79 Å². The van der Waals surface area contributed by atoms with Crippen LogP contribution in [0.15, 0.2) is 42.5 Å². The fourth-order valence-corrected chi connectivity index (χ4v) is 5.05. The molecular formula is C33H48N6O6. The quantitative estimate of drug-likeness (QED) is 0.165. The van der Waals surface area contributed by atoms with Gasteiger partial charge in [0.1, 0.15) is 6.10 Å². The molecule has 0 saturated heterocycles. The number of amides is 5. The minimum atomic E-state index is -0.511. The van der Waals surface area contributed by atoms with Crippen molar-refractivity contribution in [3.63, 3.8) is 0 Å². The maximum absolute atomic E-state index is 13.7. The number of anilines is 3. The van der Waals surface area contributed by atoms with Gasteiger partial charge in [-0.1, -0.05) is 31.5 Å². The molecule has 3 rings (SSSR count). The van der Waals surface area contributed by atoms with Gasteiger partial charge in [-0.3, -0.25) is 14.4 Å². The number of ether oxygens (including phenoxy) is 1. The Hall–Kier alpha value is -4.32. The summed E-state index contributed by atoms with van der Waals surface area (Å²) in [7, 11) is 1.68. The van der Waals surface area contributed by atoms with E-state index in [4.69, 9.17) is 10.5 Å². The molecule has 45 heavy (non-hydrogen) atoms. The molecule has 12 heteroatoms. The number of fused-ring (bicyclic) bond motifs is 1. The third-order valence-corrected chi connectivity index (χ3v) is 7.72. The zero-order chi connectivity index (χ0) is 33.1. The van der Waals surface area contributed by atoms with Crippen LogP contribution in [0.1, 0.15) is 70.2 Å². The van der Waals surface area contributed by atoms with Gasteiger partial charge in [-0.2, -0.15) is 0 Å². The Morgan fingerprint density at radius 3 is 2.24 bits per heavy atom. The Morgan fingerprint density at radius 2 is 1.62 bits per heavy atom. The maximum Gasteiger partial charge on any atom is 0.317 e. The standard InChI is InChI=1S/C33H48N6O6/c1-21(2)35-33(44)38(5)19-28-22(3)18-39(23(4)20-40)32(43)24-12-11-15-27(31(24)45-28)37-30(42)17-8-6-7-16-29(41)36-26-14-10-9-13-25(26)34/h9-15,21-23,28,40H,6-8,16-20,34H2,1-5H3,(H,35,44)(H,36,41)(H,37,42)/t22-,23-,28-/m0/s1. The molecule has 0 bridgehead atoms. The minimum absolute atomic E-state index is 0.0394. The predicted molar refractivity (Wildman–Crippen MR) is 175 cm³/mol. The maximum atomic E-state index is 13.7. The van der Waals surface area contributed by atoms with E-state index in [1.165, 1.54) is 0 Å². The molecule has 1 aliphatic heterocycles. The summed E-state index contributed by atoms with van der Waals surface area (Å²) in [4.78, 5) is 54.8. The molecule has 5 amide bonds. The van der Waals surface area contributed by atoms with Crippen LogP contribution in [-0.2, 0) is 9.59 Å². The molecule has 1 heterocycles. The number of nitrogens with two attached hydrogens (primary N) is 1. The van der Waals surface area contributed by atoms with Gasteiger partial charge in [0.25, 0.3) is 5.91 Å². The Labute approximate surface area is 265 Å². The lowest BCUT2D eigenvalue weighted by atomic mass is 9.99. The van der Waals surface area contributed by atoms with Gasteiger partial charge < -0.3 is 41.3 Å². The van der Waals surface area contributed by atoms with Crippen molar-refractivity contribution in [2.45, 2.75) is 78.0 Å². The molecule has 3 atom stereocenters. The normalized spacial score (nSPS) is 17.0. The first kappa shape index (κ1) is 35.2. The predicted octanol–water partition coefficient (Wildman–Crippen LogP) is 4.07. The van der Waals surface area contributed by atoms with Crippen LogP contribution >= 0.6 is 0 Å². The number of urea groups is 1. The second kappa shape index (κ2) is 16.7.